The predicted molar refractivity (Wildman–Crippen MR) is 83.5 cm³/mol. The van der Waals surface area contributed by atoms with Gasteiger partial charge in [-0.15, -0.1) is 0 Å². The monoisotopic (exact) mass is 271 g/mol. The number of nitrogens with zero attached hydrogens (tertiary/aromatic N) is 1. The third-order valence-corrected chi connectivity index (χ3v) is 3.10. The van der Waals surface area contributed by atoms with Gasteiger partial charge in [-0.25, -0.2) is 0 Å². The fourth-order valence-electron chi connectivity index (χ4n) is 1.94. The molecule has 0 saturated carbocycles. The van der Waals surface area contributed by atoms with E-state index in [0.29, 0.717) is 12.0 Å². The standard InChI is InChI=1S/C15H33N3O/c1-13(2)9-8-10-14(3)18-15(16)17-11-6-5-7-12-19-4/h13-14H,5-12H2,1-4H3,(H3,16,17,18). The van der Waals surface area contributed by atoms with Crippen LogP contribution in [0.4, 0.5) is 0 Å². The first kappa shape index (κ1) is 18.2. The first-order valence-electron chi connectivity index (χ1n) is 7.61. The summed E-state index contributed by atoms with van der Waals surface area (Å²) in [4.78, 5) is 4.35. The number of methoxy groups -OCH3 is 1. The van der Waals surface area contributed by atoms with E-state index in [4.69, 9.17) is 10.5 Å². The quantitative estimate of drug-likeness (QED) is 0.345. The zero-order chi connectivity index (χ0) is 14.5. The van der Waals surface area contributed by atoms with Crippen LogP contribution >= 0.6 is 0 Å². The molecule has 0 heterocycles. The first-order chi connectivity index (χ1) is 9.06. The molecule has 0 aromatic heterocycles. The molecule has 4 nitrogen and oxygen atoms in total. The van der Waals surface area contributed by atoms with Crippen molar-refractivity contribution in [2.24, 2.45) is 16.6 Å². The Balaban J connectivity index is 3.56. The van der Waals surface area contributed by atoms with Crippen LogP contribution in [-0.4, -0.2) is 32.3 Å². The number of hydrogen-bond donors (Lipinski definition) is 2. The second-order valence-electron chi connectivity index (χ2n) is 5.69. The smallest absolute Gasteiger partial charge is 0.188 e. The molecule has 0 aliphatic carbocycles. The number of ether oxygens (including phenoxy) is 1. The van der Waals surface area contributed by atoms with E-state index in [9.17, 15) is 0 Å². The van der Waals surface area contributed by atoms with Crippen LogP contribution in [-0.2, 0) is 4.74 Å². The van der Waals surface area contributed by atoms with Crippen molar-refractivity contribution in [1.29, 1.82) is 0 Å². The number of guanidine groups is 1. The largest absolute Gasteiger partial charge is 0.385 e. The minimum Gasteiger partial charge on any atom is -0.385 e. The van der Waals surface area contributed by atoms with E-state index in [1.54, 1.807) is 7.11 Å². The maximum absolute atomic E-state index is 5.86. The van der Waals surface area contributed by atoms with Crippen molar-refractivity contribution in [2.45, 2.75) is 65.3 Å². The molecule has 19 heavy (non-hydrogen) atoms. The number of aliphatic imine (C=N–C) groups is 1. The third kappa shape index (κ3) is 13.5. The topological polar surface area (TPSA) is 59.6 Å². The molecule has 0 aliphatic rings. The van der Waals surface area contributed by atoms with Gasteiger partial charge in [-0.1, -0.05) is 26.7 Å². The Bertz CT molecular complexity index is 229. The minimum absolute atomic E-state index is 0.413. The molecular weight excluding hydrogens is 238 g/mol. The lowest BCUT2D eigenvalue weighted by Gasteiger charge is -2.15. The van der Waals surface area contributed by atoms with Crippen molar-refractivity contribution in [3.05, 3.63) is 0 Å². The van der Waals surface area contributed by atoms with E-state index in [1.165, 1.54) is 12.8 Å². The van der Waals surface area contributed by atoms with Gasteiger partial charge in [0.1, 0.15) is 0 Å². The molecule has 0 rings (SSSR count). The molecule has 0 aromatic carbocycles. The lowest BCUT2D eigenvalue weighted by atomic mass is 10.0. The average Bonchev–Trinajstić information content (AvgIpc) is 2.33. The molecule has 0 spiro atoms. The maximum Gasteiger partial charge on any atom is 0.188 e. The molecule has 0 aromatic rings. The van der Waals surface area contributed by atoms with E-state index in [0.717, 1.165) is 44.8 Å². The summed E-state index contributed by atoms with van der Waals surface area (Å²) in [6.07, 6.45) is 7.01. The summed E-state index contributed by atoms with van der Waals surface area (Å²) in [7, 11) is 1.74. The fraction of sp³-hybridized carbons (Fsp3) is 0.933. The summed E-state index contributed by atoms with van der Waals surface area (Å²) in [5.74, 6) is 1.37. The Morgan fingerprint density at radius 1 is 1.11 bits per heavy atom. The molecular formula is C15H33N3O. The van der Waals surface area contributed by atoms with Gasteiger partial charge in [0.15, 0.2) is 5.96 Å². The van der Waals surface area contributed by atoms with Gasteiger partial charge >= 0.3 is 0 Å². The highest BCUT2D eigenvalue weighted by atomic mass is 16.5. The van der Waals surface area contributed by atoms with Crippen LogP contribution in [0.3, 0.4) is 0 Å². The highest BCUT2D eigenvalue weighted by Gasteiger charge is 2.03. The fourth-order valence-corrected chi connectivity index (χ4v) is 1.94. The number of rotatable bonds is 11. The minimum atomic E-state index is 0.413. The molecule has 0 fully saturated rings. The van der Waals surface area contributed by atoms with Gasteiger partial charge in [-0.3, -0.25) is 4.99 Å². The zero-order valence-corrected chi connectivity index (χ0v) is 13.2. The van der Waals surface area contributed by atoms with Crippen molar-refractivity contribution < 1.29 is 4.74 Å². The molecule has 0 aliphatic heterocycles. The Labute approximate surface area is 119 Å². The van der Waals surface area contributed by atoms with Gasteiger partial charge in [0, 0.05) is 26.3 Å². The zero-order valence-electron chi connectivity index (χ0n) is 13.2. The molecule has 114 valence electrons. The van der Waals surface area contributed by atoms with Gasteiger partial charge in [0.2, 0.25) is 0 Å². The predicted octanol–water partition coefficient (Wildman–Crippen LogP) is 2.92. The summed E-state index contributed by atoms with van der Waals surface area (Å²) < 4.78 is 5.00. The van der Waals surface area contributed by atoms with Crippen molar-refractivity contribution in [3.63, 3.8) is 0 Å². The Morgan fingerprint density at radius 2 is 1.84 bits per heavy atom. The van der Waals surface area contributed by atoms with E-state index in [-0.39, 0.29) is 0 Å². The van der Waals surface area contributed by atoms with Crippen LogP contribution in [0, 0.1) is 5.92 Å². The molecule has 0 saturated heterocycles. The molecule has 3 N–H and O–H groups in total. The molecule has 1 atom stereocenters. The summed E-state index contributed by atoms with van der Waals surface area (Å²) in [6, 6.07) is 0.413. The van der Waals surface area contributed by atoms with Crippen LogP contribution < -0.4 is 11.1 Å². The number of nitrogens with one attached hydrogen (secondary N) is 1. The van der Waals surface area contributed by atoms with Crippen molar-refractivity contribution in [3.8, 4) is 0 Å². The Hall–Kier alpha value is -0.770. The van der Waals surface area contributed by atoms with E-state index < -0.39 is 0 Å². The van der Waals surface area contributed by atoms with Gasteiger partial charge in [0.25, 0.3) is 0 Å². The van der Waals surface area contributed by atoms with E-state index >= 15 is 0 Å². The van der Waals surface area contributed by atoms with Gasteiger partial charge in [-0.2, -0.15) is 0 Å². The summed E-state index contributed by atoms with van der Waals surface area (Å²) in [5, 5.41) is 3.26. The second-order valence-corrected chi connectivity index (χ2v) is 5.69. The Morgan fingerprint density at radius 3 is 2.47 bits per heavy atom. The van der Waals surface area contributed by atoms with Gasteiger partial charge < -0.3 is 15.8 Å². The average molecular weight is 271 g/mol. The molecule has 0 bridgehead atoms. The van der Waals surface area contributed by atoms with Crippen molar-refractivity contribution in [1.82, 2.24) is 5.32 Å². The van der Waals surface area contributed by atoms with Crippen LogP contribution in [0.1, 0.15) is 59.3 Å². The molecule has 0 amide bonds. The SMILES string of the molecule is COCCCCCN=C(N)NC(C)CCCC(C)C. The second kappa shape index (κ2) is 12.3. The Kier molecular flexibility index (Phi) is 11.8. The number of nitrogens with two attached hydrogens (primary N) is 1. The van der Waals surface area contributed by atoms with E-state index in [2.05, 4.69) is 31.1 Å². The summed E-state index contributed by atoms with van der Waals surface area (Å²) in [6.45, 7) is 8.34. The molecule has 1 unspecified atom stereocenters. The van der Waals surface area contributed by atoms with Crippen LogP contribution in [0.5, 0.6) is 0 Å². The van der Waals surface area contributed by atoms with Crippen molar-refractivity contribution in [2.75, 3.05) is 20.3 Å². The lowest BCUT2D eigenvalue weighted by molar-refractivity contribution is 0.192. The number of unbranched alkanes of at least 4 members (excludes halogenated alkanes) is 2. The van der Waals surface area contributed by atoms with E-state index in [1.807, 2.05) is 0 Å². The lowest BCUT2D eigenvalue weighted by Crippen LogP contribution is -2.38. The third-order valence-electron chi connectivity index (χ3n) is 3.10. The highest BCUT2D eigenvalue weighted by Crippen LogP contribution is 2.07. The van der Waals surface area contributed by atoms with Gasteiger partial charge in [0.05, 0.1) is 0 Å². The normalized spacial score (nSPS) is 13.8. The summed E-state index contributed by atoms with van der Waals surface area (Å²) in [5.41, 5.74) is 5.86. The first-order valence-corrected chi connectivity index (χ1v) is 7.61. The van der Waals surface area contributed by atoms with Crippen LogP contribution in [0.15, 0.2) is 4.99 Å². The summed E-state index contributed by atoms with van der Waals surface area (Å²) >= 11 is 0. The van der Waals surface area contributed by atoms with Crippen molar-refractivity contribution >= 4 is 5.96 Å². The van der Waals surface area contributed by atoms with Crippen LogP contribution in [0.2, 0.25) is 0 Å². The number of hydrogen-bond acceptors (Lipinski definition) is 2. The molecule has 0 radical (unpaired) electrons. The molecule has 4 heteroatoms. The van der Waals surface area contributed by atoms with Crippen LogP contribution in [0.25, 0.3) is 0 Å². The maximum atomic E-state index is 5.86. The van der Waals surface area contributed by atoms with Gasteiger partial charge in [-0.05, 0) is 38.5 Å². The highest BCUT2D eigenvalue weighted by molar-refractivity contribution is 5.78.